The molecule has 0 bridgehead atoms. The van der Waals surface area contributed by atoms with Crippen LogP contribution in [0.5, 0.6) is 0 Å². The normalized spacial score (nSPS) is 11.2. The van der Waals surface area contributed by atoms with E-state index in [0.29, 0.717) is 16.4 Å². The molecule has 0 saturated heterocycles. The quantitative estimate of drug-likeness (QED) is 0.489. The van der Waals surface area contributed by atoms with Crippen LogP contribution in [-0.2, 0) is 0 Å². The van der Waals surface area contributed by atoms with Crippen molar-refractivity contribution < 1.29 is 9.42 Å². The van der Waals surface area contributed by atoms with E-state index >= 15 is 0 Å². The Morgan fingerprint density at radius 3 is 2.64 bits per heavy atom. The topological polar surface area (TPSA) is 118 Å². The molecule has 0 unspecified atom stereocenters. The fraction of sp³-hybridized carbons (Fsp3) is 0. The highest BCUT2D eigenvalue weighted by atomic mass is 35.5. The van der Waals surface area contributed by atoms with Crippen molar-refractivity contribution in [2.24, 2.45) is 10.7 Å². The first kappa shape index (κ1) is 16.5. The Morgan fingerprint density at radius 2 is 1.88 bits per heavy atom. The summed E-state index contributed by atoms with van der Waals surface area (Å²) in [5, 5.41) is 13.0. The maximum atomic E-state index is 12.0. The van der Waals surface area contributed by atoms with Crippen LogP contribution in [-0.4, -0.2) is 22.2 Å². The largest absolute Gasteiger partial charge is 0.382 e. The van der Waals surface area contributed by atoms with Gasteiger partial charge in [-0.05, 0) is 40.6 Å². The molecule has 1 heterocycles. The summed E-state index contributed by atoms with van der Waals surface area (Å²) in [5.41, 5.74) is 7.20. The van der Waals surface area contributed by atoms with Crippen LogP contribution in [0.2, 0.25) is 5.02 Å². The maximum absolute atomic E-state index is 12.0. The van der Waals surface area contributed by atoms with Crippen molar-refractivity contribution in [2.75, 3.05) is 10.6 Å². The minimum atomic E-state index is -0.515. The number of aromatic nitrogens is 2. The highest BCUT2D eigenvalue weighted by Gasteiger charge is 2.16. The van der Waals surface area contributed by atoms with E-state index in [9.17, 15) is 4.79 Å². The summed E-state index contributed by atoms with van der Waals surface area (Å²) < 4.78 is 4.65. The number of amides is 2. The molecule has 0 fully saturated rings. The predicted octanol–water partition coefficient (Wildman–Crippen LogP) is 3.40. The van der Waals surface area contributed by atoms with Crippen LogP contribution in [0.15, 0.2) is 64.2 Å². The number of hydrogen-bond acceptors (Lipinski definition) is 5. The average molecular weight is 357 g/mol. The van der Waals surface area contributed by atoms with Gasteiger partial charge in [0.15, 0.2) is 11.5 Å². The van der Waals surface area contributed by atoms with Crippen molar-refractivity contribution in [1.29, 1.82) is 0 Å². The van der Waals surface area contributed by atoms with Crippen LogP contribution in [0.4, 0.5) is 22.0 Å². The van der Waals surface area contributed by atoms with Crippen molar-refractivity contribution in [1.82, 2.24) is 10.3 Å². The van der Waals surface area contributed by atoms with Crippen LogP contribution < -0.4 is 16.4 Å². The zero-order valence-corrected chi connectivity index (χ0v) is 13.6. The lowest BCUT2D eigenvalue weighted by molar-refractivity contribution is 0.261. The Labute approximate surface area is 147 Å². The summed E-state index contributed by atoms with van der Waals surface area (Å²) in [4.78, 5) is 16.2. The van der Waals surface area contributed by atoms with E-state index in [2.05, 4.69) is 30.6 Å². The molecule has 4 N–H and O–H groups in total. The fourth-order valence-corrected chi connectivity index (χ4v) is 2.15. The van der Waals surface area contributed by atoms with Crippen molar-refractivity contribution in [3.63, 3.8) is 0 Å². The molecule has 0 atom stereocenters. The zero-order chi connectivity index (χ0) is 17.6. The molecule has 126 valence electrons. The molecule has 2 amide bonds. The minimum Gasteiger partial charge on any atom is -0.382 e. The first-order chi connectivity index (χ1) is 12.1. The van der Waals surface area contributed by atoms with E-state index in [0.717, 1.165) is 0 Å². The second-order valence-electron chi connectivity index (χ2n) is 4.88. The smallest absolute Gasteiger partial charge is 0.325 e. The van der Waals surface area contributed by atoms with E-state index in [1.54, 1.807) is 48.5 Å². The number of rotatable bonds is 4. The number of hydrogen-bond donors (Lipinski definition) is 3. The van der Waals surface area contributed by atoms with Gasteiger partial charge in [0, 0.05) is 10.7 Å². The third-order valence-corrected chi connectivity index (χ3v) is 3.29. The molecule has 2 aromatic carbocycles. The van der Waals surface area contributed by atoms with Gasteiger partial charge < -0.3 is 11.1 Å². The molecule has 0 radical (unpaired) electrons. The van der Waals surface area contributed by atoms with Crippen LogP contribution in [0.3, 0.4) is 0 Å². The maximum Gasteiger partial charge on any atom is 0.325 e. The number of amidine groups is 1. The number of halogens is 1. The summed E-state index contributed by atoms with van der Waals surface area (Å²) in [5.74, 6) is 0.0789. The average Bonchev–Trinajstić information content (AvgIpc) is 3.04. The molecule has 0 spiro atoms. The SMILES string of the molecule is NC(=Nc1cccc(Cl)c1)c1nonc1NC(=O)Nc1ccccc1. The second kappa shape index (κ2) is 7.45. The number of carbonyl (C=O) groups is 1. The van der Waals surface area contributed by atoms with E-state index in [-0.39, 0.29) is 17.3 Å². The van der Waals surface area contributed by atoms with Crippen LogP contribution in [0, 0.1) is 0 Å². The first-order valence-corrected chi connectivity index (χ1v) is 7.55. The van der Waals surface area contributed by atoms with E-state index in [4.69, 9.17) is 17.3 Å². The van der Waals surface area contributed by atoms with E-state index in [1.807, 2.05) is 6.07 Å². The second-order valence-corrected chi connectivity index (χ2v) is 5.32. The Bertz CT molecular complexity index is 910. The zero-order valence-electron chi connectivity index (χ0n) is 12.8. The van der Waals surface area contributed by atoms with Crippen molar-refractivity contribution in [3.8, 4) is 0 Å². The van der Waals surface area contributed by atoms with Gasteiger partial charge in [-0.25, -0.2) is 14.4 Å². The Balaban J connectivity index is 1.75. The van der Waals surface area contributed by atoms with E-state index in [1.165, 1.54) is 0 Å². The molecule has 3 rings (SSSR count). The molecule has 3 aromatic rings. The van der Waals surface area contributed by atoms with Crippen molar-refractivity contribution >= 4 is 40.7 Å². The summed E-state index contributed by atoms with van der Waals surface area (Å²) >= 11 is 5.91. The molecule has 0 saturated carbocycles. The molecule has 25 heavy (non-hydrogen) atoms. The number of aliphatic imine (C=N–C) groups is 1. The molecular weight excluding hydrogens is 344 g/mol. The fourth-order valence-electron chi connectivity index (χ4n) is 1.97. The Hall–Kier alpha value is -3.39. The standard InChI is InChI=1S/C16H13ClN6O2/c17-10-5-4-8-12(9-10)19-14(18)13-15(23-25-22-13)21-16(24)20-11-6-2-1-3-7-11/h1-9H,(H2,18,19)(H2,20,21,23,24). The van der Waals surface area contributed by atoms with Crippen LogP contribution >= 0.6 is 11.6 Å². The number of carbonyl (C=O) groups excluding carboxylic acids is 1. The lowest BCUT2D eigenvalue weighted by Gasteiger charge is -2.05. The summed E-state index contributed by atoms with van der Waals surface area (Å²) in [6.45, 7) is 0. The number of para-hydroxylation sites is 1. The van der Waals surface area contributed by atoms with Gasteiger partial charge >= 0.3 is 6.03 Å². The predicted molar refractivity (Wildman–Crippen MR) is 95.2 cm³/mol. The minimum absolute atomic E-state index is 0.0264. The van der Waals surface area contributed by atoms with Crippen LogP contribution in [0.1, 0.15) is 5.69 Å². The molecular formula is C16H13ClN6O2. The summed E-state index contributed by atoms with van der Waals surface area (Å²) in [7, 11) is 0. The molecule has 0 aliphatic rings. The number of anilines is 2. The lowest BCUT2D eigenvalue weighted by atomic mass is 10.3. The van der Waals surface area contributed by atoms with Gasteiger partial charge in [0.05, 0.1) is 5.69 Å². The van der Waals surface area contributed by atoms with Gasteiger partial charge in [-0.2, -0.15) is 0 Å². The molecule has 8 nitrogen and oxygen atoms in total. The number of nitrogens with two attached hydrogens (primary N) is 1. The molecule has 0 aliphatic heterocycles. The van der Waals surface area contributed by atoms with Gasteiger partial charge in [-0.1, -0.05) is 35.9 Å². The number of nitrogens with zero attached hydrogens (tertiary/aromatic N) is 3. The first-order valence-electron chi connectivity index (χ1n) is 7.17. The molecule has 0 aliphatic carbocycles. The molecule has 9 heteroatoms. The lowest BCUT2D eigenvalue weighted by Crippen LogP contribution is -2.23. The molecule has 1 aromatic heterocycles. The van der Waals surface area contributed by atoms with Crippen molar-refractivity contribution in [3.05, 3.63) is 65.3 Å². The number of urea groups is 1. The van der Waals surface area contributed by atoms with Gasteiger partial charge in [-0.15, -0.1) is 0 Å². The monoisotopic (exact) mass is 356 g/mol. The van der Waals surface area contributed by atoms with E-state index < -0.39 is 6.03 Å². The van der Waals surface area contributed by atoms with Gasteiger partial charge in [-0.3, -0.25) is 5.32 Å². The van der Waals surface area contributed by atoms with Gasteiger partial charge in [0.2, 0.25) is 5.82 Å². The Kier molecular flexibility index (Phi) is 4.91. The van der Waals surface area contributed by atoms with Gasteiger partial charge in [0.25, 0.3) is 0 Å². The highest BCUT2D eigenvalue weighted by molar-refractivity contribution is 6.30. The number of benzene rings is 2. The van der Waals surface area contributed by atoms with Gasteiger partial charge in [0.1, 0.15) is 0 Å². The van der Waals surface area contributed by atoms with Crippen LogP contribution in [0.25, 0.3) is 0 Å². The summed E-state index contributed by atoms with van der Waals surface area (Å²) in [6, 6.07) is 15.2. The van der Waals surface area contributed by atoms with Crippen molar-refractivity contribution in [2.45, 2.75) is 0 Å². The highest BCUT2D eigenvalue weighted by Crippen LogP contribution is 2.19. The Morgan fingerprint density at radius 1 is 1.08 bits per heavy atom. The third kappa shape index (κ3) is 4.33. The summed E-state index contributed by atoms with van der Waals surface area (Å²) in [6.07, 6.45) is 0. The third-order valence-electron chi connectivity index (χ3n) is 3.05. The number of nitrogens with one attached hydrogen (secondary N) is 2.